The molecule has 2 rings (SSSR count). The van der Waals surface area contributed by atoms with Gasteiger partial charge in [-0.25, -0.2) is 17.9 Å². The van der Waals surface area contributed by atoms with Crippen LogP contribution in [0.25, 0.3) is 0 Å². The summed E-state index contributed by atoms with van der Waals surface area (Å²) in [5.41, 5.74) is -0.0281. The molecule has 0 aliphatic carbocycles. The van der Waals surface area contributed by atoms with Crippen molar-refractivity contribution in [3.05, 3.63) is 33.2 Å². The summed E-state index contributed by atoms with van der Waals surface area (Å²) in [6, 6.07) is 1.51. The van der Waals surface area contributed by atoms with Gasteiger partial charge < -0.3 is 9.47 Å². The van der Waals surface area contributed by atoms with E-state index in [2.05, 4.69) is 15.3 Å². The summed E-state index contributed by atoms with van der Waals surface area (Å²) in [4.78, 5) is 29.5. The van der Waals surface area contributed by atoms with E-state index >= 15 is 0 Å². The first kappa shape index (κ1) is 19.3. The molecule has 0 fully saturated rings. The fraction of sp³-hybridized carbons (Fsp3) is 0.250. The van der Waals surface area contributed by atoms with Crippen molar-refractivity contribution in [1.29, 1.82) is 0 Å². The number of nitrogens with one attached hydrogen (secondary N) is 2. The third-order valence-electron chi connectivity index (χ3n) is 2.80. The highest BCUT2D eigenvalue weighted by Gasteiger charge is 2.25. The van der Waals surface area contributed by atoms with Crippen LogP contribution in [0.3, 0.4) is 0 Å². The number of aromatic nitrogens is 2. The van der Waals surface area contributed by atoms with Crippen molar-refractivity contribution in [2.45, 2.75) is 10.8 Å². The first-order valence-corrected chi connectivity index (χ1v) is 9.10. The van der Waals surface area contributed by atoms with Gasteiger partial charge in [-0.15, -0.1) is 11.3 Å². The highest BCUT2D eigenvalue weighted by Crippen LogP contribution is 2.23. The Morgan fingerprint density at radius 3 is 2.46 bits per heavy atom. The van der Waals surface area contributed by atoms with Crippen LogP contribution >= 0.6 is 11.3 Å². The fourth-order valence-corrected chi connectivity index (χ4v) is 4.08. The van der Waals surface area contributed by atoms with Crippen molar-refractivity contribution < 1.29 is 27.6 Å². The minimum Gasteiger partial charge on any atom is -0.481 e. The standard InChI is InChI=1S/C12H13N5O7S2/c1-23-8-5-9(24-2)14-11(13-8)15-12(18)16-26(21,22)10-7(3-4-25-10)6-17(19)20/h3-5H,6H2,1-2H3,(H2,13,14,15,16,18). The lowest BCUT2D eigenvalue weighted by molar-refractivity contribution is -0.497. The summed E-state index contributed by atoms with van der Waals surface area (Å²) in [6.07, 6.45) is 0. The van der Waals surface area contributed by atoms with Crippen molar-refractivity contribution in [2.24, 2.45) is 0 Å². The number of sulfonamides is 1. The molecule has 14 heteroatoms. The SMILES string of the molecule is COc1cc(OC)nc(NC(=O)NS(=O)(=O)c2sccc2C[N+](=O)[O-])n1. The number of ether oxygens (including phenoxy) is 2. The maximum absolute atomic E-state index is 12.3. The smallest absolute Gasteiger partial charge is 0.335 e. The van der Waals surface area contributed by atoms with Gasteiger partial charge in [0, 0.05) is 4.92 Å². The Morgan fingerprint density at radius 2 is 1.92 bits per heavy atom. The molecule has 2 N–H and O–H groups in total. The molecule has 140 valence electrons. The van der Waals surface area contributed by atoms with E-state index in [-0.39, 0.29) is 27.5 Å². The molecular weight excluding hydrogens is 390 g/mol. The van der Waals surface area contributed by atoms with E-state index in [1.54, 1.807) is 4.72 Å². The van der Waals surface area contributed by atoms with E-state index in [1.165, 1.54) is 31.7 Å². The Balaban J connectivity index is 2.17. The van der Waals surface area contributed by atoms with E-state index in [4.69, 9.17) is 9.47 Å². The topological polar surface area (TPSA) is 163 Å². The van der Waals surface area contributed by atoms with Gasteiger partial charge in [0.15, 0.2) is 0 Å². The molecular formula is C12H13N5O7S2. The molecule has 0 saturated carbocycles. The number of hydrogen-bond acceptors (Lipinski definition) is 10. The summed E-state index contributed by atoms with van der Waals surface area (Å²) in [5.74, 6) is -0.0892. The monoisotopic (exact) mass is 403 g/mol. The third kappa shape index (κ3) is 4.76. The first-order valence-electron chi connectivity index (χ1n) is 6.74. The Morgan fingerprint density at radius 1 is 1.31 bits per heavy atom. The van der Waals surface area contributed by atoms with Gasteiger partial charge in [0.25, 0.3) is 10.0 Å². The predicted octanol–water partition coefficient (Wildman–Crippen LogP) is 0.842. The number of nitrogens with zero attached hydrogens (tertiary/aromatic N) is 3. The van der Waals surface area contributed by atoms with Gasteiger partial charge in [0.2, 0.25) is 24.3 Å². The minimum atomic E-state index is -4.31. The Kier molecular flexibility index (Phi) is 5.89. The van der Waals surface area contributed by atoms with E-state index < -0.39 is 27.5 Å². The zero-order valence-corrected chi connectivity index (χ0v) is 15.1. The second-order valence-electron chi connectivity index (χ2n) is 4.56. The number of hydrogen-bond donors (Lipinski definition) is 2. The van der Waals surface area contributed by atoms with Crippen LogP contribution in [0.2, 0.25) is 0 Å². The lowest BCUT2D eigenvalue weighted by Crippen LogP contribution is -2.35. The maximum Gasteiger partial charge on any atom is 0.335 e. The highest BCUT2D eigenvalue weighted by molar-refractivity contribution is 7.92. The summed E-state index contributed by atoms with van der Waals surface area (Å²) >= 11 is 0.753. The maximum atomic E-state index is 12.3. The van der Waals surface area contributed by atoms with Gasteiger partial charge in [-0.3, -0.25) is 15.4 Å². The average molecular weight is 403 g/mol. The van der Waals surface area contributed by atoms with Crippen LogP contribution in [0, 0.1) is 10.1 Å². The lowest BCUT2D eigenvalue weighted by atomic mass is 10.3. The number of amides is 2. The molecule has 0 aliphatic heterocycles. The number of methoxy groups -OCH3 is 2. The van der Waals surface area contributed by atoms with Gasteiger partial charge in [-0.1, -0.05) is 0 Å². The zero-order valence-electron chi connectivity index (χ0n) is 13.5. The van der Waals surface area contributed by atoms with E-state index in [1.807, 2.05) is 0 Å². The minimum absolute atomic E-state index is 0.0281. The van der Waals surface area contributed by atoms with Crippen molar-refractivity contribution in [3.63, 3.8) is 0 Å². The van der Waals surface area contributed by atoms with Gasteiger partial charge in [0.05, 0.1) is 25.8 Å². The number of urea groups is 1. The van der Waals surface area contributed by atoms with Gasteiger partial charge in [-0.2, -0.15) is 9.97 Å². The molecule has 0 atom stereocenters. The third-order valence-corrected chi connectivity index (χ3v) is 5.70. The van der Waals surface area contributed by atoms with Gasteiger partial charge in [0.1, 0.15) is 4.21 Å². The zero-order chi connectivity index (χ0) is 19.3. The Hall–Kier alpha value is -3.00. The molecule has 0 bridgehead atoms. The fourth-order valence-electron chi connectivity index (χ4n) is 1.78. The summed E-state index contributed by atoms with van der Waals surface area (Å²) in [5, 5.41) is 14.1. The van der Waals surface area contributed by atoms with Crippen LogP contribution in [0.5, 0.6) is 11.8 Å². The summed E-state index contributed by atoms with van der Waals surface area (Å²) in [7, 11) is -1.64. The molecule has 2 heterocycles. The number of thiophene rings is 1. The molecule has 2 amide bonds. The van der Waals surface area contributed by atoms with Gasteiger partial charge >= 0.3 is 6.03 Å². The molecule has 0 saturated heterocycles. The average Bonchev–Trinajstić information content (AvgIpc) is 3.02. The first-order chi connectivity index (χ1) is 12.2. The van der Waals surface area contributed by atoms with Gasteiger partial charge in [-0.05, 0) is 11.4 Å². The molecule has 0 spiro atoms. The van der Waals surface area contributed by atoms with Crippen molar-refractivity contribution in [3.8, 4) is 11.8 Å². The van der Waals surface area contributed by atoms with E-state index in [9.17, 15) is 23.3 Å². The molecule has 26 heavy (non-hydrogen) atoms. The summed E-state index contributed by atoms with van der Waals surface area (Å²) < 4.78 is 35.8. The van der Waals surface area contributed by atoms with Crippen LogP contribution in [0.1, 0.15) is 5.56 Å². The number of anilines is 1. The normalized spacial score (nSPS) is 10.8. The second-order valence-corrected chi connectivity index (χ2v) is 7.35. The molecule has 12 nitrogen and oxygen atoms in total. The molecule has 0 aromatic carbocycles. The van der Waals surface area contributed by atoms with Crippen molar-refractivity contribution >= 4 is 33.3 Å². The molecule has 0 radical (unpaired) electrons. The summed E-state index contributed by atoms with van der Waals surface area (Å²) in [6.45, 7) is -0.683. The highest BCUT2D eigenvalue weighted by atomic mass is 32.2. The van der Waals surface area contributed by atoms with Crippen LogP contribution < -0.4 is 19.5 Å². The van der Waals surface area contributed by atoms with Crippen LogP contribution in [0.4, 0.5) is 10.7 Å². The largest absolute Gasteiger partial charge is 0.481 e. The Bertz CT molecular complexity index is 906. The predicted molar refractivity (Wildman–Crippen MR) is 89.5 cm³/mol. The molecule has 2 aromatic rings. The number of rotatable bonds is 7. The van der Waals surface area contributed by atoms with Crippen LogP contribution in [-0.2, 0) is 16.6 Å². The Labute approximate surface area is 151 Å². The van der Waals surface area contributed by atoms with Crippen LogP contribution in [0.15, 0.2) is 21.7 Å². The van der Waals surface area contributed by atoms with E-state index in [0.717, 1.165) is 11.3 Å². The van der Waals surface area contributed by atoms with Crippen molar-refractivity contribution in [2.75, 3.05) is 19.5 Å². The number of carbonyl (C=O) groups is 1. The van der Waals surface area contributed by atoms with Crippen LogP contribution in [-0.4, -0.2) is 43.6 Å². The van der Waals surface area contributed by atoms with Crippen molar-refractivity contribution in [1.82, 2.24) is 14.7 Å². The molecule has 0 unspecified atom stereocenters. The quantitative estimate of drug-likeness (QED) is 0.504. The second kappa shape index (κ2) is 7.92. The number of carbonyl (C=O) groups excluding carboxylic acids is 1. The van der Waals surface area contributed by atoms with E-state index in [0.29, 0.717) is 0 Å². The molecule has 0 aliphatic rings. The lowest BCUT2D eigenvalue weighted by Gasteiger charge is -2.09. The number of nitro groups is 1. The molecule has 2 aromatic heterocycles.